The molecule has 0 amide bonds. The Kier molecular flexibility index (Phi) is 19.8. The molecule has 0 spiro atoms. The van der Waals surface area contributed by atoms with E-state index >= 15 is 0 Å². The standard InChI is InChI=1S/C34H66N2/c1-7-11-15-19-25-35(26-20-16-12-8-2)30-33-23-24-34(6,29-32(33)5)31-36(27-21-17-13-9-3)28-22-18-14-10-4/h23-24H,7-22,25-31H2,1-6H3. The highest BCUT2D eigenvalue weighted by atomic mass is 15.1. The van der Waals surface area contributed by atoms with Gasteiger partial charge in [-0.1, -0.05) is 129 Å². The topological polar surface area (TPSA) is 6.48 Å². The van der Waals surface area contributed by atoms with Crippen LogP contribution in [0.3, 0.4) is 0 Å². The van der Waals surface area contributed by atoms with Crippen LogP contribution in [0.25, 0.3) is 0 Å². The number of hydrogen-bond acceptors (Lipinski definition) is 2. The van der Waals surface area contributed by atoms with Crippen LogP contribution in [0.4, 0.5) is 0 Å². The molecule has 0 heterocycles. The highest BCUT2D eigenvalue weighted by Crippen LogP contribution is 2.35. The molecule has 212 valence electrons. The molecule has 0 aromatic heterocycles. The number of allylic oxidation sites excluding steroid dienone is 1. The van der Waals surface area contributed by atoms with Crippen molar-refractivity contribution >= 4 is 0 Å². The van der Waals surface area contributed by atoms with Gasteiger partial charge in [0.2, 0.25) is 0 Å². The van der Waals surface area contributed by atoms with Crippen LogP contribution in [0.15, 0.2) is 23.3 Å². The Labute approximate surface area is 228 Å². The lowest BCUT2D eigenvalue weighted by atomic mass is 9.77. The van der Waals surface area contributed by atoms with E-state index in [0.29, 0.717) is 0 Å². The van der Waals surface area contributed by atoms with Gasteiger partial charge in [-0.05, 0) is 70.8 Å². The Hall–Kier alpha value is -0.600. The zero-order valence-electron chi connectivity index (χ0n) is 25.8. The first-order valence-electron chi connectivity index (χ1n) is 16.3. The lowest BCUT2D eigenvalue weighted by Gasteiger charge is -2.37. The highest BCUT2D eigenvalue weighted by Gasteiger charge is 2.28. The monoisotopic (exact) mass is 503 g/mol. The van der Waals surface area contributed by atoms with Gasteiger partial charge in [-0.3, -0.25) is 4.90 Å². The molecule has 2 nitrogen and oxygen atoms in total. The molecule has 0 aliphatic heterocycles. The quantitative estimate of drug-likeness (QED) is 0.121. The van der Waals surface area contributed by atoms with Crippen molar-refractivity contribution in [1.29, 1.82) is 0 Å². The first kappa shape index (κ1) is 33.4. The Balaban J connectivity index is 2.71. The fourth-order valence-electron chi connectivity index (χ4n) is 5.86. The summed E-state index contributed by atoms with van der Waals surface area (Å²) in [5.41, 5.74) is 3.54. The summed E-state index contributed by atoms with van der Waals surface area (Å²) < 4.78 is 0. The maximum absolute atomic E-state index is 2.81. The molecule has 0 saturated carbocycles. The second-order valence-electron chi connectivity index (χ2n) is 12.3. The van der Waals surface area contributed by atoms with E-state index in [4.69, 9.17) is 0 Å². The molecule has 1 atom stereocenters. The summed E-state index contributed by atoms with van der Waals surface area (Å²) in [4.78, 5) is 5.58. The number of hydrogen-bond donors (Lipinski definition) is 0. The van der Waals surface area contributed by atoms with E-state index in [1.165, 1.54) is 142 Å². The SMILES string of the molecule is CCCCCCN(CCCCCC)CC1=C(C)CC(C)(CN(CCCCCC)CCCCCC)C=C1. The lowest BCUT2D eigenvalue weighted by Crippen LogP contribution is -2.38. The summed E-state index contributed by atoms with van der Waals surface area (Å²) in [5, 5.41) is 0. The molecule has 0 aromatic rings. The van der Waals surface area contributed by atoms with Gasteiger partial charge in [-0.2, -0.15) is 0 Å². The first-order chi connectivity index (χ1) is 17.5. The molecule has 1 aliphatic carbocycles. The summed E-state index contributed by atoms with van der Waals surface area (Å²) in [6.45, 7) is 21.7. The average Bonchev–Trinajstić information content (AvgIpc) is 2.86. The van der Waals surface area contributed by atoms with E-state index in [2.05, 4.69) is 63.5 Å². The Morgan fingerprint density at radius 1 is 0.611 bits per heavy atom. The summed E-state index contributed by atoms with van der Waals surface area (Å²) in [5.74, 6) is 0. The van der Waals surface area contributed by atoms with Crippen LogP contribution in [0.2, 0.25) is 0 Å². The Bertz CT molecular complexity index is 554. The molecule has 0 fully saturated rings. The zero-order valence-corrected chi connectivity index (χ0v) is 25.8. The fraction of sp³-hybridized carbons (Fsp3) is 0.882. The number of rotatable bonds is 24. The minimum absolute atomic E-state index is 0.288. The Morgan fingerprint density at radius 3 is 1.42 bits per heavy atom. The molecule has 0 bridgehead atoms. The third-order valence-electron chi connectivity index (χ3n) is 8.19. The molecular formula is C34H66N2. The Morgan fingerprint density at radius 2 is 1.03 bits per heavy atom. The van der Waals surface area contributed by atoms with Gasteiger partial charge in [0.1, 0.15) is 0 Å². The third kappa shape index (κ3) is 15.6. The van der Waals surface area contributed by atoms with E-state index < -0.39 is 0 Å². The van der Waals surface area contributed by atoms with Crippen molar-refractivity contribution in [2.75, 3.05) is 39.3 Å². The molecule has 1 unspecified atom stereocenters. The minimum Gasteiger partial charge on any atom is -0.302 e. The van der Waals surface area contributed by atoms with Gasteiger partial charge >= 0.3 is 0 Å². The smallest absolute Gasteiger partial charge is 0.0233 e. The van der Waals surface area contributed by atoms with Crippen molar-refractivity contribution in [3.05, 3.63) is 23.3 Å². The largest absolute Gasteiger partial charge is 0.302 e. The average molecular weight is 503 g/mol. The summed E-state index contributed by atoms with van der Waals surface area (Å²) >= 11 is 0. The van der Waals surface area contributed by atoms with Crippen molar-refractivity contribution in [3.63, 3.8) is 0 Å². The molecular weight excluding hydrogens is 436 g/mol. The third-order valence-corrected chi connectivity index (χ3v) is 8.19. The van der Waals surface area contributed by atoms with Crippen molar-refractivity contribution in [2.45, 2.75) is 151 Å². The predicted molar refractivity (Wildman–Crippen MR) is 164 cm³/mol. The van der Waals surface area contributed by atoms with E-state index in [1.54, 1.807) is 11.1 Å². The second-order valence-corrected chi connectivity index (χ2v) is 12.3. The summed E-state index contributed by atoms with van der Waals surface area (Å²) in [7, 11) is 0. The lowest BCUT2D eigenvalue weighted by molar-refractivity contribution is 0.188. The van der Waals surface area contributed by atoms with E-state index in [0.717, 1.165) is 6.54 Å². The highest BCUT2D eigenvalue weighted by molar-refractivity contribution is 5.33. The van der Waals surface area contributed by atoms with E-state index in [9.17, 15) is 0 Å². The maximum Gasteiger partial charge on any atom is 0.0233 e. The zero-order chi connectivity index (χ0) is 26.5. The van der Waals surface area contributed by atoms with Crippen LogP contribution in [0.5, 0.6) is 0 Å². The number of unbranched alkanes of at least 4 members (excludes halogenated alkanes) is 12. The van der Waals surface area contributed by atoms with Gasteiger partial charge in [0, 0.05) is 18.5 Å². The minimum atomic E-state index is 0.288. The van der Waals surface area contributed by atoms with Gasteiger partial charge < -0.3 is 4.90 Å². The first-order valence-corrected chi connectivity index (χ1v) is 16.3. The maximum atomic E-state index is 2.81. The van der Waals surface area contributed by atoms with Crippen LogP contribution < -0.4 is 0 Å². The van der Waals surface area contributed by atoms with Crippen molar-refractivity contribution in [2.24, 2.45) is 5.41 Å². The van der Waals surface area contributed by atoms with Crippen LogP contribution >= 0.6 is 0 Å². The molecule has 0 radical (unpaired) electrons. The van der Waals surface area contributed by atoms with Gasteiger partial charge in [0.05, 0.1) is 0 Å². The molecule has 1 aliphatic rings. The molecule has 0 saturated heterocycles. The van der Waals surface area contributed by atoms with Gasteiger partial charge in [0.15, 0.2) is 0 Å². The van der Waals surface area contributed by atoms with Crippen LogP contribution in [0.1, 0.15) is 151 Å². The molecule has 2 heteroatoms. The normalized spacial score (nSPS) is 18.2. The van der Waals surface area contributed by atoms with Crippen LogP contribution in [-0.2, 0) is 0 Å². The van der Waals surface area contributed by atoms with Gasteiger partial charge in [-0.25, -0.2) is 0 Å². The van der Waals surface area contributed by atoms with Crippen LogP contribution in [0, 0.1) is 5.41 Å². The molecule has 0 N–H and O–H groups in total. The molecule has 36 heavy (non-hydrogen) atoms. The predicted octanol–water partition coefficient (Wildman–Crippen LogP) is 10.2. The van der Waals surface area contributed by atoms with Gasteiger partial charge in [0.25, 0.3) is 0 Å². The number of nitrogens with zero attached hydrogens (tertiary/aromatic N) is 2. The second kappa shape index (κ2) is 21.3. The fourth-order valence-corrected chi connectivity index (χ4v) is 5.86. The molecule has 0 aromatic carbocycles. The van der Waals surface area contributed by atoms with E-state index in [1.807, 2.05) is 0 Å². The van der Waals surface area contributed by atoms with E-state index in [-0.39, 0.29) is 5.41 Å². The van der Waals surface area contributed by atoms with Crippen molar-refractivity contribution < 1.29 is 0 Å². The van der Waals surface area contributed by atoms with Crippen molar-refractivity contribution in [1.82, 2.24) is 9.80 Å². The van der Waals surface area contributed by atoms with Gasteiger partial charge in [-0.15, -0.1) is 0 Å². The molecule has 1 rings (SSSR count). The summed E-state index contributed by atoms with van der Waals surface area (Å²) in [6.07, 6.45) is 28.2. The van der Waals surface area contributed by atoms with Crippen molar-refractivity contribution in [3.8, 4) is 0 Å². The van der Waals surface area contributed by atoms with Crippen LogP contribution in [-0.4, -0.2) is 49.1 Å². The summed E-state index contributed by atoms with van der Waals surface area (Å²) in [6, 6.07) is 0.